The van der Waals surface area contributed by atoms with E-state index < -0.39 is 7.26 Å². The molecule has 1 amide bonds. The Balaban J connectivity index is 2.47. The van der Waals surface area contributed by atoms with Gasteiger partial charge in [-0.25, -0.2) is 0 Å². The SMILES string of the molecule is CC(=O)NC(=C(Cl)Cl)[P+](c1ccccc1)(c1ccccc1)c1ccccc1. The third-order valence-corrected chi connectivity index (χ3v) is 9.11. The summed E-state index contributed by atoms with van der Waals surface area (Å²) >= 11 is 12.8. The third-order valence-electron chi connectivity index (χ3n) is 4.24. The highest BCUT2D eigenvalue weighted by Gasteiger charge is 2.51. The second kappa shape index (κ2) is 8.71. The Bertz CT molecular complexity index is 843. The molecule has 2 nitrogen and oxygen atoms in total. The summed E-state index contributed by atoms with van der Waals surface area (Å²) in [6.45, 7) is 1.46. The average Bonchev–Trinajstić information content (AvgIpc) is 2.70. The lowest BCUT2D eigenvalue weighted by molar-refractivity contribution is -0.118. The normalized spacial score (nSPS) is 10.9. The van der Waals surface area contributed by atoms with Crippen LogP contribution in [0.5, 0.6) is 0 Å². The van der Waals surface area contributed by atoms with E-state index in [1.54, 1.807) is 0 Å². The summed E-state index contributed by atoms with van der Waals surface area (Å²) in [5.41, 5.74) is 0.543. The highest BCUT2D eigenvalue weighted by atomic mass is 35.5. The number of hydrogen-bond donors (Lipinski definition) is 1. The molecule has 27 heavy (non-hydrogen) atoms. The van der Waals surface area contributed by atoms with Crippen molar-refractivity contribution in [1.29, 1.82) is 0 Å². The quantitative estimate of drug-likeness (QED) is 0.601. The second-order valence-corrected chi connectivity index (χ2v) is 10.3. The molecule has 0 aromatic heterocycles. The van der Waals surface area contributed by atoms with Gasteiger partial charge in [-0.3, -0.25) is 10.1 Å². The van der Waals surface area contributed by atoms with Gasteiger partial charge in [0.25, 0.3) is 0 Å². The van der Waals surface area contributed by atoms with E-state index in [4.69, 9.17) is 23.2 Å². The Morgan fingerprint density at radius 1 is 0.704 bits per heavy atom. The lowest BCUT2D eigenvalue weighted by Crippen LogP contribution is -2.38. The molecule has 3 aromatic carbocycles. The van der Waals surface area contributed by atoms with Crippen LogP contribution in [0.2, 0.25) is 0 Å². The summed E-state index contributed by atoms with van der Waals surface area (Å²) in [5, 5.41) is 6.12. The van der Waals surface area contributed by atoms with Crippen LogP contribution in [0.25, 0.3) is 0 Å². The van der Waals surface area contributed by atoms with E-state index in [2.05, 4.69) is 41.7 Å². The minimum atomic E-state index is -2.49. The number of carbonyl (C=O) groups is 1. The Morgan fingerprint density at radius 3 is 1.30 bits per heavy atom. The Morgan fingerprint density at radius 2 is 1.04 bits per heavy atom. The fraction of sp³-hybridized carbons (Fsp3) is 0.0455. The highest BCUT2D eigenvalue weighted by molar-refractivity contribution is 7.99. The van der Waals surface area contributed by atoms with Crippen LogP contribution in [0.1, 0.15) is 6.92 Å². The fourth-order valence-corrected chi connectivity index (χ4v) is 8.17. The largest absolute Gasteiger partial charge is 0.294 e. The van der Waals surface area contributed by atoms with E-state index in [0.29, 0.717) is 5.44 Å². The lowest BCUT2D eigenvalue weighted by Gasteiger charge is -2.29. The number of halogens is 2. The first-order valence-corrected chi connectivity index (χ1v) is 11.0. The molecule has 0 spiro atoms. The average molecular weight is 415 g/mol. The first kappa shape index (κ1) is 19.6. The minimum Gasteiger partial charge on any atom is -0.294 e. The van der Waals surface area contributed by atoms with Gasteiger partial charge in [0.15, 0.2) is 11.8 Å². The zero-order valence-electron chi connectivity index (χ0n) is 14.8. The molecule has 0 saturated heterocycles. The summed E-state index contributed by atoms with van der Waals surface area (Å²) < 4.78 is 0.0649. The molecule has 0 aliphatic heterocycles. The van der Waals surface area contributed by atoms with Gasteiger partial charge in [-0.05, 0) is 36.4 Å². The number of benzene rings is 3. The maximum absolute atomic E-state index is 12.1. The minimum absolute atomic E-state index is 0.0649. The van der Waals surface area contributed by atoms with Crippen LogP contribution >= 0.6 is 30.5 Å². The molecule has 0 heterocycles. The Hall–Kier alpha value is -2.12. The highest BCUT2D eigenvalue weighted by Crippen LogP contribution is 2.62. The molecule has 0 saturated carbocycles. The molecule has 136 valence electrons. The Labute approximate surface area is 170 Å². The van der Waals surface area contributed by atoms with E-state index >= 15 is 0 Å². The van der Waals surface area contributed by atoms with Crippen molar-refractivity contribution in [2.24, 2.45) is 0 Å². The molecule has 3 rings (SSSR count). The first-order valence-electron chi connectivity index (χ1n) is 8.46. The van der Waals surface area contributed by atoms with Crippen molar-refractivity contribution >= 4 is 52.3 Å². The fourth-order valence-electron chi connectivity index (χ4n) is 3.21. The summed E-state index contributed by atoms with van der Waals surface area (Å²) in [5.74, 6) is -0.212. The van der Waals surface area contributed by atoms with Crippen LogP contribution in [0.4, 0.5) is 0 Å². The smallest absolute Gasteiger partial charge is 0.223 e. The molecule has 1 N–H and O–H groups in total. The predicted octanol–water partition coefficient (Wildman–Crippen LogP) is 4.72. The zero-order valence-corrected chi connectivity index (χ0v) is 17.2. The topological polar surface area (TPSA) is 29.1 Å². The molecule has 5 heteroatoms. The Kier molecular flexibility index (Phi) is 6.34. The van der Waals surface area contributed by atoms with E-state index in [9.17, 15) is 4.79 Å². The van der Waals surface area contributed by atoms with Crippen molar-refractivity contribution in [3.8, 4) is 0 Å². The van der Waals surface area contributed by atoms with Gasteiger partial charge in [0, 0.05) is 6.92 Å². The van der Waals surface area contributed by atoms with E-state index in [0.717, 1.165) is 15.9 Å². The standard InChI is InChI=1S/C22H18Cl2NOP/c1-17(26)25-22(21(23)24)27(18-11-5-2-6-12-18,19-13-7-3-8-14-19)20-15-9-4-10-16-20/h2-16H,1H3/p+1. The van der Waals surface area contributed by atoms with E-state index in [1.165, 1.54) is 6.92 Å². The van der Waals surface area contributed by atoms with Crippen molar-refractivity contribution < 1.29 is 4.79 Å². The third kappa shape index (κ3) is 3.94. The molecular formula is C22H19Cl2NOP+. The van der Waals surface area contributed by atoms with Crippen molar-refractivity contribution in [3.05, 3.63) is 101 Å². The number of carbonyl (C=O) groups excluding carboxylic acids is 1. The van der Waals surface area contributed by atoms with Crippen LogP contribution in [-0.2, 0) is 4.79 Å². The van der Waals surface area contributed by atoms with Gasteiger partial charge in [0.2, 0.25) is 11.3 Å². The van der Waals surface area contributed by atoms with E-state index in [1.807, 2.05) is 54.6 Å². The molecule has 0 bridgehead atoms. The zero-order chi connectivity index (χ0) is 19.3. The van der Waals surface area contributed by atoms with Gasteiger partial charge in [-0.1, -0.05) is 77.8 Å². The van der Waals surface area contributed by atoms with Gasteiger partial charge in [0.1, 0.15) is 15.9 Å². The number of rotatable bonds is 5. The lowest BCUT2D eigenvalue weighted by atomic mass is 10.4. The van der Waals surface area contributed by atoms with Gasteiger partial charge in [0.05, 0.1) is 0 Å². The maximum Gasteiger partial charge on any atom is 0.223 e. The molecule has 3 aromatic rings. The van der Waals surface area contributed by atoms with Crippen molar-refractivity contribution in [2.45, 2.75) is 6.92 Å². The van der Waals surface area contributed by atoms with Crippen LogP contribution in [0, 0.1) is 0 Å². The van der Waals surface area contributed by atoms with Crippen LogP contribution in [0.3, 0.4) is 0 Å². The van der Waals surface area contributed by atoms with Crippen molar-refractivity contribution in [3.63, 3.8) is 0 Å². The monoisotopic (exact) mass is 414 g/mol. The van der Waals surface area contributed by atoms with Crippen molar-refractivity contribution in [1.82, 2.24) is 5.32 Å². The molecule has 0 aliphatic carbocycles. The molecule has 0 unspecified atom stereocenters. The van der Waals surface area contributed by atoms with Gasteiger partial charge >= 0.3 is 0 Å². The summed E-state index contributed by atoms with van der Waals surface area (Å²) in [4.78, 5) is 12.1. The predicted molar refractivity (Wildman–Crippen MR) is 118 cm³/mol. The number of amides is 1. The van der Waals surface area contributed by atoms with Crippen LogP contribution in [0.15, 0.2) is 101 Å². The van der Waals surface area contributed by atoms with E-state index in [-0.39, 0.29) is 10.4 Å². The summed E-state index contributed by atoms with van der Waals surface area (Å²) in [7, 11) is -2.49. The molecule has 0 atom stereocenters. The number of hydrogen-bond acceptors (Lipinski definition) is 1. The van der Waals surface area contributed by atoms with Gasteiger partial charge in [-0.15, -0.1) is 0 Å². The van der Waals surface area contributed by atoms with Gasteiger partial charge < -0.3 is 0 Å². The first-order chi connectivity index (χ1) is 13.1. The summed E-state index contributed by atoms with van der Waals surface area (Å²) in [6.07, 6.45) is 0. The summed E-state index contributed by atoms with van der Waals surface area (Å²) in [6, 6.07) is 30.2. The molecular weight excluding hydrogens is 396 g/mol. The molecule has 0 fully saturated rings. The molecule has 0 aliphatic rings. The maximum atomic E-state index is 12.1. The second-order valence-electron chi connectivity index (χ2n) is 5.97. The van der Waals surface area contributed by atoms with Gasteiger partial charge in [-0.2, -0.15) is 0 Å². The van der Waals surface area contributed by atoms with Crippen LogP contribution in [-0.4, -0.2) is 5.91 Å². The molecule has 0 radical (unpaired) electrons. The van der Waals surface area contributed by atoms with Crippen molar-refractivity contribution in [2.75, 3.05) is 0 Å². The van der Waals surface area contributed by atoms with Crippen LogP contribution < -0.4 is 21.2 Å². The number of nitrogens with one attached hydrogen (secondary N) is 1.